The zero-order chi connectivity index (χ0) is 12.5. The molecule has 1 saturated heterocycles. The van der Waals surface area contributed by atoms with Crippen molar-refractivity contribution in [3.05, 3.63) is 24.0 Å². The number of hydrogen-bond acceptors (Lipinski definition) is 4. The number of nitrogens with zero attached hydrogens (tertiary/aromatic N) is 3. The molecule has 0 radical (unpaired) electrons. The van der Waals surface area contributed by atoms with Gasteiger partial charge in [-0.05, 0) is 19.4 Å². The summed E-state index contributed by atoms with van der Waals surface area (Å²) in [4.78, 5) is 17.4. The molecule has 2 N–H and O–H groups in total. The lowest BCUT2D eigenvalue weighted by Crippen LogP contribution is -2.37. The van der Waals surface area contributed by atoms with E-state index in [4.69, 9.17) is 11.0 Å². The van der Waals surface area contributed by atoms with Crippen molar-refractivity contribution in [2.75, 3.05) is 18.0 Å². The van der Waals surface area contributed by atoms with Gasteiger partial charge in [-0.15, -0.1) is 0 Å². The molecule has 1 aromatic rings. The van der Waals surface area contributed by atoms with Gasteiger partial charge in [0.25, 0.3) is 0 Å². The van der Waals surface area contributed by atoms with Crippen LogP contribution in [0.4, 0.5) is 5.69 Å². The molecular formula is C12H14N4O. The van der Waals surface area contributed by atoms with Crippen molar-refractivity contribution < 1.29 is 4.79 Å². The molecule has 1 fully saturated rings. The number of nitriles is 1. The number of carbonyl (C=O) groups is 1. The van der Waals surface area contributed by atoms with Crippen molar-refractivity contribution in [2.45, 2.75) is 13.3 Å². The molecule has 1 aliphatic rings. The van der Waals surface area contributed by atoms with Gasteiger partial charge in [0.15, 0.2) is 0 Å². The Bertz CT molecular complexity index is 494. The zero-order valence-electron chi connectivity index (χ0n) is 9.68. The molecule has 0 bridgehead atoms. The highest BCUT2D eigenvalue weighted by atomic mass is 16.1. The molecule has 1 amide bonds. The lowest BCUT2D eigenvalue weighted by Gasteiger charge is -2.22. The van der Waals surface area contributed by atoms with E-state index in [-0.39, 0.29) is 5.91 Å². The fourth-order valence-electron chi connectivity index (χ4n) is 2.10. The van der Waals surface area contributed by atoms with E-state index in [2.05, 4.69) is 11.1 Å². The minimum Gasteiger partial charge on any atom is -0.369 e. The van der Waals surface area contributed by atoms with E-state index in [1.807, 2.05) is 11.8 Å². The molecule has 2 heterocycles. The topological polar surface area (TPSA) is 83.0 Å². The van der Waals surface area contributed by atoms with Gasteiger partial charge in [0.1, 0.15) is 6.07 Å². The van der Waals surface area contributed by atoms with Crippen LogP contribution in [0.15, 0.2) is 18.5 Å². The lowest BCUT2D eigenvalue weighted by molar-refractivity contribution is -0.125. The Morgan fingerprint density at radius 3 is 3.06 bits per heavy atom. The quantitative estimate of drug-likeness (QED) is 0.808. The summed E-state index contributed by atoms with van der Waals surface area (Å²) >= 11 is 0. The zero-order valence-corrected chi connectivity index (χ0v) is 9.68. The maximum atomic E-state index is 11.4. The van der Waals surface area contributed by atoms with E-state index in [1.165, 1.54) is 0 Å². The van der Waals surface area contributed by atoms with Crippen LogP contribution in [0.5, 0.6) is 0 Å². The molecule has 88 valence electrons. The normalized spacial score (nSPS) is 23.4. The van der Waals surface area contributed by atoms with Gasteiger partial charge in [-0.2, -0.15) is 5.26 Å². The van der Waals surface area contributed by atoms with Gasteiger partial charge in [0.2, 0.25) is 5.91 Å². The highest BCUT2D eigenvalue weighted by molar-refractivity contribution is 5.82. The molecule has 5 heteroatoms. The van der Waals surface area contributed by atoms with E-state index in [1.54, 1.807) is 18.5 Å². The van der Waals surface area contributed by atoms with Crippen molar-refractivity contribution in [2.24, 2.45) is 11.1 Å². The van der Waals surface area contributed by atoms with E-state index in [9.17, 15) is 4.79 Å². The minimum absolute atomic E-state index is 0.289. The molecule has 1 atom stereocenters. The van der Waals surface area contributed by atoms with Crippen LogP contribution in [0.2, 0.25) is 0 Å². The van der Waals surface area contributed by atoms with E-state index >= 15 is 0 Å². The maximum Gasteiger partial charge on any atom is 0.225 e. The fraction of sp³-hybridized carbons (Fsp3) is 0.417. The molecule has 5 nitrogen and oxygen atoms in total. The van der Waals surface area contributed by atoms with Crippen LogP contribution in [0.1, 0.15) is 18.9 Å². The van der Waals surface area contributed by atoms with Gasteiger partial charge in [0.05, 0.1) is 22.9 Å². The standard InChI is InChI=1S/C12H14N4O/c1-12(11(14)17)3-5-16(8-12)10-7-15-4-2-9(10)6-13/h2,4,7H,3,5,8H2,1H3,(H2,14,17). The summed E-state index contributed by atoms with van der Waals surface area (Å²) in [6.45, 7) is 3.13. The van der Waals surface area contributed by atoms with Gasteiger partial charge in [-0.1, -0.05) is 0 Å². The van der Waals surface area contributed by atoms with Crippen LogP contribution in [0.3, 0.4) is 0 Å². The number of nitrogens with two attached hydrogens (primary N) is 1. The Hall–Kier alpha value is -2.09. The Labute approximate surface area is 99.9 Å². The molecule has 0 saturated carbocycles. The second kappa shape index (κ2) is 4.06. The molecule has 2 rings (SSSR count). The number of pyridine rings is 1. The van der Waals surface area contributed by atoms with E-state index in [0.717, 1.165) is 12.2 Å². The van der Waals surface area contributed by atoms with Crippen molar-refractivity contribution >= 4 is 11.6 Å². The highest BCUT2D eigenvalue weighted by Crippen LogP contribution is 2.33. The molecule has 0 aromatic carbocycles. The first kappa shape index (κ1) is 11.4. The van der Waals surface area contributed by atoms with Gasteiger partial charge in [0, 0.05) is 19.3 Å². The van der Waals surface area contributed by atoms with Crippen molar-refractivity contribution in [1.29, 1.82) is 5.26 Å². The summed E-state index contributed by atoms with van der Waals surface area (Å²) in [7, 11) is 0. The third-order valence-electron chi connectivity index (χ3n) is 3.33. The van der Waals surface area contributed by atoms with Crippen LogP contribution >= 0.6 is 0 Å². The maximum absolute atomic E-state index is 11.4. The van der Waals surface area contributed by atoms with Crippen LogP contribution < -0.4 is 10.6 Å². The Morgan fingerprint density at radius 1 is 1.71 bits per heavy atom. The smallest absolute Gasteiger partial charge is 0.225 e. The Balaban J connectivity index is 2.27. The summed E-state index contributed by atoms with van der Waals surface area (Å²) in [5.41, 5.74) is 6.24. The molecular weight excluding hydrogens is 216 g/mol. The van der Waals surface area contributed by atoms with Crippen LogP contribution in [-0.4, -0.2) is 24.0 Å². The van der Waals surface area contributed by atoms with Gasteiger partial charge in [-0.25, -0.2) is 0 Å². The summed E-state index contributed by atoms with van der Waals surface area (Å²) < 4.78 is 0. The summed E-state index contributed by atoms with van der Waals surface area (Å²) in [5.74, 6) is -0.289. The number of aromatic nitrogens is 1. The van der Waals surface area contributed by atoms with Crippen molar-refractivity contribution in [3.8, 4) is 6.07 Å². The first-order chi connectivity index (χ1) is 8.07. The van der Waals surface area contributed by atoms with Crippen LogP contribution in [0, 0.1) is 16.7 Å². The molecule has 1 aliphatic heterocycles. The summed E-state index contributed by atoms with van der Waals surface area (Å²) in [6.07, 6.45) is 3.96. The monoisotopic (exact) mass is 230 g/mol. The first-order valence-electron chi connectivity index (χ1n) is 5.46. The molecule has 0 spiro atoms. The van der Waals surface area contributed by atoms with E-state index in [0.29, 0.717) is 18.5 Å². The van der Waals surface area contributed by atoms with Gasteiger partial charge in [-0.3, -0.25) is 9.78 Å². The predicted octanol–water partition coefficient (Wildman–Crippen LogP) is 0.655. The minimum atomic E-state index is -0.511. The fourth-order valence-corrected chi connectivity index (χ4v) is 2.10. The van der Waals surface area contributed by atoms with Crippen molar-refractivity contribution in [1.82, 2.24) is 4.98 Å². The molecule has 1 unspecified atom stereocenters. The molecule has 17 heavy (non-hydrogen) atoms. The Morgan fingerprint density at radius 2 is 2.47 bits per heavy atom. The van der Waals surface area contributed by atoms with Crippen LogP contribution in [-0.2, 0) is 4.79 Å². The number of primary amides is 1. The second-order valence-electron chi connectivity index (χ2n) is 4.60. The third kappa shape index (κ3) is 1.94. The molecule has 1 aromatic heterocycles. The average molecular weight is 230 g/mol. The second-order valence-corrected chi connectivity index (χ2v) is 4.60. The summed E-state index contributed by atoms with van der Waals surface area (Å²) in [5, 5.41) is 9.02. The summed E-state index contributed by atoms with van der Waals surface area (Å²) in [6, 6.07) is 3.81. The average Bonchev–Trinajstić information content (AvgIpc) is 2.73. The van der Waals surface area contributed by atoms with Crippen molar-refractivity contribution in [3.63, 3.8) is 0 Å². The molecule has 0 aliphatic carbocycles. The number of rotatable bonds is 2. The van der Waals surface area contributed by atoms with Gasteiger partial charge < -0.3 is 10.6 Å². The third-order valence-corrected chi connectivity index (χ3v) is 3.33. The number of carbonyl (C=O) groups excluding carboxylic acids is 1. The Kier molecular flexibility index (Phi) is 2.72. The number of hydrogen-bond donors (Lipinski definition) is 1. The SMILES string of the molecule is CC1(C(N)=O)CCN(c2cnccc2C#N)C1. The first-order valence-corrected chi connectivity index (χ1v) is 5.46. The number of amides is 1. The van der Waals surface area contributed by atoms with Gasteiger partial charge >= 0.3 is 0 Å². The largest absolute Gasteiger partial charge is 0.369 e. The predicted molar refractivity (Wildman–Crippen MR) is 63.1 cm³/mol. The highest BCUT2D eigenvalue weighted by Gasteiger charge is 2.39. The van der Waals surface area contributed by atoms with E-state index < -0.39 is 5.41 Å². The lowest BCUT2D eigenvalue weighted by atomic mass is 9.89. The number of anilines is 1. The van der Waals surface area contributed by atoms with Crippen LogP contribution in [0.25, 0.3) is 0 Å².